The summed E-state index contributed by atoms with van der Waals surface area (Å²) in [5, 5.41) is 0. The van der Waals surface area contributed by atoms with Gasteiger partial charge >= 0.3 is 0 Å². The number of ether oxygens (including phenoxy) is 1. The first-order valence-corrected chi connectivity index (χ1v) is 7.18. The minimum atomic E-state index is 0.137. The van der Waals surface area contributed by atoms with E-state index in [9.17, 15) is 4.79 Å². The summed E-state index contributed by atoms with van der Waals surface area (Å²) in [4.78, 5) is 14.1. The predicted molar refractivity (Wildman–Crippen MR) is 82.7 cm³/mol. The zero-order valence-electron chi connectivity index (χ0n) is 12.9. The molecule has 4 heteroatoms. The van der Waals surface area contributed by atoms with E-state index in [4.69, 9.17) is 10.5 Å². The summed E-state index contributed by atoms with van der Waals surface area (Å²) < 4.78 is 5.56. The van der Waals surface area contributed by atoms with E-state index in [1.165, 1.54) is 0 Å². The van der Waals surface area contributed by atoms with Crippen molar-refractivity contribution in [2.24, 2.45) is 5.92 Å². The lowest BCUT2D eigenvalue weighted by Gasteiger charge is -2.28. The molecule has 112 valence electrons. The normalized spacial score (nSPS) is 10.9. The molecule has 0 saturated carbocycles. The van der Waals surface area contributed by atoms with Crippen molar-refractivity contribution in [1.82, 2.24) is 4.90 Å². The summed E-state index contributed by atoms with van der Waals surface area (Å²) in [6.45, 7) is 9.48. The first-order valence-electron chi connectivity index (χ1n) is 7.18. The zero-order valence-corrected chi connectivity index (χ0v) is 12.9. The molecule has 0 aliphatic carbocycles. The van der Waals surface area contributed by atoms with Crippen LogP contribution in [0, 0.1) is 5.92 Å². The van der Waals surface area contributed by atoms with Gasteiger partial charge in [0.25, 0.3) is 0 Å². The Hall–Kier alpha value is -1.71. The molecule has 2 N–H and O–H groups in total. The second-order valence-corrected chi connectivity index (χ2v) is 5.70. The van der Waals surface area contributed by atoms with Crippen LogP contribution in [0.25, 0.3) is 0 Å². The summed E-state index contributed by atoms with van der Waals surface area (Å²) in [7, 11) is 0. The molecule has 0 aliphatic heterocycles. The van der Waals surface area contributed by atoms with Gasteiger partial charge in [0.15, 0.2) is 0 Å². The van der Waals surface area contributed by atoms with E-state index in [-0.39, 0.29) is 11.9 Å². The fraction of sp³-hybridized carbons (Fsp3) is 0.562. The Morgan fingerprint density at radius 2 is 2.00 bits per heavy atom. The number of nitrogen functional groups attached to an aromatic ring is 1. The highest BCUT2D eigenvalue weighted by Gasteiger charge is 2.17. The summed E-state index contributed by atoms with van der Waals surface area (Å²) in [6.07, 6.45) is 0.389. The molecule has 1 aromatic rings. The SMILES string of the molecule is CC(C)CN(C(=O)CCOc1cccc(N)c1)C(C)C. The molecule has 0 aromatic heterocycles. The van der Waals surface area contributed by atoms with Crippen molar-refractivity contribution in [3.63, 3.8) is 0 Å². The molecule has 0 saturated heterocycles. The molecule has 0 heterocycles. The number of carbonyl (C=O) groups is 1. The molecular weight excluding hydrogens is 252 g/mol. The molecule has 0 fully saturated rings. The number of rotatable bonds is 7. The van der Waals surface area contributed by atoms with Crippen molar-refractivity contribution in [2.45, 2.75) is 40.2 Å². The van der Waals surface area contributed by atoms with Crippen LogP contribution in [0.15, 0.2) is 24.3 Å². The molecule has 0 radical (unpaired) electrons. The van der Waals surface area contributed by atoms with Gasteiger partial charge in [0.1, 0.15) is 5.75 Å². The van der Waals surface area contributed by atoms with Crippen molar-refractivity contribution in [3.8, 4) is 5.75 Å². The third kappa shape index (κ3) is 5.51. The van der Waals surface area contributed by atoms with Crippen molar-refractivity contribution in [1.29, 1.82) is 0 Å². The number of hydrogen-bond acceptors (Lipinski definition) is 3. The topological polar surface area (TPSA) is 55.6 Å². The number of hydrogen-bond donors (Lipinski definition) is 1. The van der Waals surface area contributed by atoms with Gasteiger partial charge in [-0.15, -0.1) is 0 Å². The average Bonchev–Trinajstić information content (AvgIpc) is 2.35. The zero-order chi connectivity index (χ0) is 15.1. The van der Waals surface area contributed by atoms with E-state index in [0.717, 1.165) is 6.54 Å². The van der Waals surface area contributed by atoms with E-state index in [2.05, 4.69) is 13.8 Å². The van der Waals surface area contributed by atoms with Gasteiger partial charge in [-0.25, -0.2) is 0 Å². The number of nitrogens with zero attached hydrogens (tertiary/aromatic N) is 1. The number of nitrogens with two attached hydrogens (primary N) is 1. The lowest BCUT2D eigenvalue weighted by Crippen LogP contribution is -2.40. The van der Waals surface area contributed by atoms with Gasteiger partial charge in [0, 0.05) is 24.3 Å². The number of anilines is 1. The Morgan fingerprint density at radius 3 is 2.55 bits per heavy atom. The first-order chi connectivity index (χ1) is 9.40. The molecule has 1 amide bonds. The van der Waals surface area contributed by atoms with Crippen LogP contribution in [0.1, 0.15) is 34.1 Å². The lowest BCUT2D eigenvalue weighted by molar-refractivity contribution is -0.134. The predicted octanol–water partition coefficient (Wildman–Crippen LogP) is 2.93. The van der Waals surface area contributed by atoms with Crippen molar-refractivity contribution in [2.75, 3.05) is 18.9 Å². The Labute approximate surface area is 121 Å². The summed E-state index contributed by atoms with van der Waals surface area (Å²) in [5.74, 6) is 1.31. The molecular formula is C16H26N2O2. The van der Waals surface area contributed by atoms with Crippen molar-refractivity contribution < 1.29 is 9.53 Å². The van der Waals surface area contributed by atoms with E-state index in [1.54, 1.807) is 12.1 Å². The van der Waals surface area contributed by atoms with Crippen LogP contribution in [0.5, 0.6) is 5.75 Å². The van der Waals surface area contributed by atoms with E-state index in [0.29, 0.717) is 30.4 Å². The maximum absolute atomic E-state index is 12.2. The number of amides is 1. The summed E-state index contributed by atoms with van der Waals surface area (Å²) in [5.41, 5.74) is 6.34. The van der Waals surface area contributed by atoms with Crippen LogP contribution in [-0.2, 0) is 4.79 Å². The molecule has 0 unspecified atom stereocenters. The van der Waals surface area contributed by atoms with Gasteiger partial charge in [-0.3, -0.25) is 4.79 Å². The van der Waals surface area contributed by atoms with Crippen molar-refractivity contribution >= 4 is 11.6 Å². The molecule has 0 spiro atoms. The van der Waals surface area contributed by atoms with Crippen LogP contribution >= 0.6 is 0 Å². The first kappa shape index (κ1) is 16.3. The highest BCUT2D eigenvalue weighted by Crippen LogP contribution is 2.15. The van der Waals surface area contributed by atoms with Gasteiger partial charge < -0.3 is 15.4 Å². The van der Waals surface area contributed by atoms with Crippen LogP contribution in [0.4, 0.5) is 5.69 Å². The highest BCUT2D eigenvalue weighted by atomic mass is 16.5. The van der Waals surface area contributed by atoms with E-state index in [1.807, 2.05) is 30.9 Å². The second kappa shape index (κ2) is 7.78. The van der Waals surface area contributed by atoms with Crippen LogP contribution in [0.2, 0.25) is 0 Å². The van der Waals surface area contributed by atoms with Crippen LogP contribution in [0.3, 0.4) is 0 Å². The Bertz CT molecular complexity index is 430. The molecule has 1 rings (SSSR count). The number of carbonyl (C=O) groups excluding carboxylic acids is 1. The number of benzene rings is 1. The molecule has 1 aromatic carbocycles. The van der Waals surface area contributed by atoms with Crippen LogP contribution < -0.4 is 10.5 Å². The van der Waals surface area contributed by atoms with Crippen LogP contribution in [-0.4, -0.2) is 30.0 Å². The van der Waals surface area contributed by atoms with Gasteiger partial charge in [0.2, 0.25) is 5.91 Å². The third-order valence-electron chi connectivity index (χ3n) is 2.95. The Morgan fingerprint density at radius 1 is 1.30 bits per heavy atom. The van der Waals surface area contributed by atoms with Crippen molar-refractivity contribution in [3.05, 3.63) is 24.3 Å². The second-order valence-electron chi connectivity index (χ2n) is 5.70. The maximum atomic E-state index is 12.2. The Balaban J connectivity index is 2.45. The van der Waals surface area contributed by atoms with Gasteiger partial charge in [0.05, 0.1) is 13.0 Å². The minimum absolute atomic E-state index is 0.137. The van der Waals surface area contributed by atoms with Gasteiger partial charge in [-0.05, 0) is 31.9 Å². The largest absolute Gasteiger partial charge is 0.493 e. The minimum Gasteiger partial charge on any atom is -0.493 e. The smallest absolute Gasteiger partial charge is 0.226 e. The van der Waals surface area contributed by atoms with Gasteiger partial charge in [-0.1, -0.05) is 19.9 Å². The molecule has 0 aliphatic rings. The quantitative estimate of drug-likeness (QED) is 0.780. The third-order valence-corrected chi connectivity index (χ3v) is 2.95. The molecule has 0 bridgehead atoms. The summed E-state index contributed by atoms with van der Waals surface area (Å²) in [6, 6.07) is 7.47. The standard InChI is InChI=1S/C16H26N2O2/c1-12(2)11-18(13(3)4)16(19)8-9-20-15-7-5-6-14(17)10-15/h5-7,10,12-13H,8-9,11,17H2,1-4H3. The highest BCUT2D eigenvalue weighted by molar-refractivity contribution is 5.76. The average molecular weight is 278 g/mol. The van der Waals surface area contributed by atoms with E-state index >= 15 is 0 Å². The fourth-order valence-corrected chi connectivity index (χ4v) is 2.00. The molecule has 4 nitrogen and oxygen atoms in total. The molecule has 0 atom stereocenters. The molecule has 20 heavy (non-hydrogen) atoms. The van der Waals surface area contributed by atoms with E-state index < -0.39 is 0 Å². The van der Waals surface area contributed by atoms with Gasteiger partial charge in [-0.2, -0.15) is 0 Å². The monoisotopic (exact) mass is 278 g/mol. The Kier molecular flexibility index (Phi) is 6.36. The lowest BCUT2D eigenvalue weighted by atomic mass is 10.1. The summed E-state index contributed by atoms with van der Waals surface area (Å²) >= 11 is 0. The maximum Gasteiger partial charge on any atom is 0.226 e. The fourth-order valence-electron chi connectivity index (χ4n) is 2.00.